The van der Waals surface area contributed by atoms with Crippen molar-refractivity contribution in [2.45, 2.75) is 45.1 Å². The highest BCUT2D eigenvalue weighted by atomic mass is 35.5. The van der Waals surface area contributed by atoms with Crippen molar-refractivity contribution in [3.63, 3.8) is 0 Å². The van der Waals surface area contributed by atoms with Gasteiger partial charge < -0.3 is 9.42 Å². The second kappa shape index (κ2) is 6.23. The SMILES string of the molecule is Cc1cc(C2CCCN2C(=O)CCCCCl)on1. The molecule has 1 fully saturated rings. The van der Waals surface area contributed by atoms with E-state index in [-0.39, 0.29) is 11.9 Å². The van der Waals surface area contributed by atoms with Gasteiger partial charge in [0.05, 0.1) is 11.7 Å². The van der Waals surface area contributed by atoms with Crippen LogP contribution in [0.2, 0.25) is 0 Å². The molecule has 2 rings (SSSR count). The normalized spacial score (nSPS) is 19.4. The molecule has 100 valence electrons. The molecule has 1 aliphatic rings. The zero-order valence-electron chi connectivity index (χ0n) is 10.7. The summed E-state index contributed by atoms with van der Waals surface area (Å²) in [5.74, 6) is 1.64. The predicted octanol–water partition coefficient (Wildman–Crippen LogP) is 3.06. The molecule has 0 aliphatic carbocycles. The van der Waals surface area contributed by atoms with Crippen molar-refractivity contribution in [2.75, 3.05) is 12.4 Å². The number of aromatic nitrogens is 1. The Morgan fingerprint density at radius 3 is 3.11 bits per heavy atom. The third-order valence-corrected chi connectivity index (χ3v) is 3.59. The highest BCUT2D eigenvalue weighted by molar-refractivity contribution is 6.17. The van der Waals surface area contributed by atoms with Crippen LogP contribution in [0.15, 0.2) is 10.6 Å². The predicted molar refractivity (Wildman–Crippen MR) is 69.5 cm³/mol. The summed E-state index contributed by atoms with van der Waals surface area (Å²) in [5, 5.41) is 3.90. The Balaban J connectivity index is 1.97. The Morgan fingerprint density at radius 1 is 1.61 bits per heavy atom. The molecule has 1 atom stereocenters. The van der Waals surface area contributed by atoms with Gasteiger partial charge in [-0.25, -0.2) is 0 Å². The molecule has 2 heterocycles. The summed E-state index contributed by atoms with van der Waals surface area (Å²) in [4.78, 5) is 14.1. The Kier molecular flexibility index (Phi) is 4.64. The van der Waals surface area contributed by atoms with Gasteiger partial charge in [0, 0.05) is 24.9 Å². The number of alkyl halides is 1. The topological polar surface area (TPSA) is 46.3 Å². The first-order valence-corrected chi connectivity index (χ1v) is 7.04. The van der Waals surface area contributed by atoms with Gasteiger partial charge in [0.25, 0.3) is 0 Å². The second-order valence-electron chi connectivity index (χ2n) is 4.76. The maximum absolute atomic E-state index is 12.1. The molecule has 1 aliphatic heterocycles. The average Bonchev–Trinajstić information content (AvgIpc) is 2.97. The quantitative estimate of drug-likeness (QED) is 0.610. The Hall–Kier alpha value is -1.03. The van der Waals surface area contributed by atoms with Gasteiger partial charge in [-0.3, -0.25) is 4.79 Å². The fraction of sp³-hybridized carbons (Fsp3) is 0.692. The van der Waals surface area contributed by atoms with Gasteiger partial charge in [-0.1, -0.05) is 5.16 Å². The van der Waals surface area contributed by atoms with Crippen molar-refractivity contribution in [2.24, 2.45) is 0 Å². The summed E-state index contributed by atoms with van der Waals surface area (Å²) >= 11 is 5.62. The van der Waals surface area contributed by atoms with Crippen LogP contribution in [-0.4, -0.2) is 28.4 Å². The van der Waals surface area contributed by atoms with Crippen LogP contribution >= 0.6 is 11.6 Å². The summed E-state index contributed by atoms with van der Waals surface area (Å²) in [5.41, 5.74) is 0.867. The molecule has 1 saturated heterocycles. The van der Waals surface area contributed by atoms with Gasteiger partial charge in [-0.15, -0.1) is 11.6 Å². The third-order valence-electron chi connectivity index (χ3n) is 3.32. The van der Waals surface area contributed by atoms with Crippen LogP contribution in [0.4, 0.5) is 0 Å². The standard InChI is InChI=1S/C13H19ClN2O2/c1-10-9-12(18-15-10)11-5-4-8-16(11)13(17)6-2-3-7-14/h9,11H,2-8H2,1H3. The van der Waals surface area contributed by atoms with Gasteiger partial charge in [-0.05, 0) is 32.6 Å². The smallest absolute Gasteiger partial charge is 0.223 e. The lowest BCUT2D eigenvalue weighted by Crippen LogP contribution is -2.30. The molecule has 0 saturated carbocycles. The molecule has 1 unspecified atom stereocenters. The fourth-order valence-corrected chi connectivity index (χ4v) is 2.60. The van der Waals surface area contributed by atoms with Crippen molar-refractivity contribution in [1.29, 1.82) is 0 Å². The lowest BCUT2D eigenvalue weighted by Gasteiger charge is -2.22. The van der Waals surface area contributed by atoms with Crippen molar-refractivity contribution in [3.8, 4) is 0 Å². The first-order chi connectivity index (χ1) is 8.72. The van der Waals surface area contributed by atoms with E-state index in [2.05, 4.69) is 5.16 Å². The molecule has 1 amide bonds. The minimum atomic E-state index is 0.0784. The summed E-state index contributed by atoms with van der Waals surface area (Å²) in [6.45, 7) is 2.72. The molecular weight excluding hydrogens is 252 g/mol. The van der Waals surface area contributed by atoms with E-state index in [0.29, 0.717) is 12.3 Å². The van der Waals surface area contributed by atoms with Gasteiger partial charge >= 0.3 is 0 Å². The van der Waals surface area contributed by atoms with Crippen LogP contribution < -0.4 is 0 Å². The van der Waals surface area contributed by atoms with Crippen LogP contribution in [0.25, 0.3) is 0 Å². The number of unbranched alkanes of at least 4 members (excludes halogenated alkanes) is 1. The minimum Gasteiger partial charge on any atom is -0.359 e. The van der Waals surface area contributed by atoms with E-state index in [9.17, 15) is 4.79 Å². The first-order valence-electron chi connectivity index (χ1n) is 6.51. The Bertz CT molecular complexity index is 405. The Labute approximate surface area is 112 Å². The number of rotatable bonds is 5. The van der Waals surface area contributed by atoms with E-state index >= 15 is 0 Å². The molecule has 1 aromatic heterocycles. The second-order valence-corrected chi connectivity index (χ2v) is 5.14. The van der Waals surface area contributed by atoms with E-state index in [1.165, 1.54) is 0 Å². The highest BCUT2D eigenvalue weighted by Gasteiger charge is 2.32. The number of hydrogen-bond donors (Lipinski definition) is 0. The zero-order valence-corrected chi connectivity index (χ0v) is 11.4. The van der Waals surface area contributed by atoms with Crippen LogP contribution in [0.5, 0.6) is 0 Å². The molecule has 0 bridgehead atoms. The number of amides is 1. The molecule has 0 N–H and O–H groups in total. The molecule has 0 radical (unpaired) electrons. The molecule has 0 aromatic carbocycles. The Morgan fingerprint density at radius 2 is 2.44 bits per heavy atom. The number of carbonyl (C=O) groups excluding carboxylic acids is 1. The molecule has 0 spiro atoms. The lowest BCUT2D eigenvalue weighted by molar-refractivity contribution is -0.132. The fourth-order valence-electron chi connectivity index (χ4n) is 2.42. The summed E-state index contributed by atoms with van der Waals surface area (Å²) in [7, 11) is 0. The molecule has 4 nitrogen and oxygen atoms in total. The third kappa shape index (κ3) is 3.05. The number of hydrogen-bond acceptors (Lipinski definition) is 3. The number of aryl methyl sites for hydroxylation is 1. The van der Waals surface area contributed by atoms with E-state index in [4.69, 9.17) is 16.1 Å². The summed E-state index contributed by atoms with van der Waals surface area (Å²) < 4.78 is 5.29. The van der Waals surface area contributed by atoms with Crippen molar-refractivity contribution < 1.29 is 9.32 Å². The summed E-state index contributed by atoms with van der Waals surface area (Å²) in [6, 6.07) is 2.00. The summed E-state index contributed by atoms with van der Waals surface area (Å²) in [6.07, 6.45) is 4.34. The van der Waals surface area contributed by atoms with Gasteiger partial charge in [-0.2, -0.15) is 0 Å². The van der Waals surface area contributed by atoms with Gasteiger partial charge in [0.1, 0.15) is 0 Å². The number of halogens is 1. The molecule has 18 heavy (non-hydrogen) atoms. The number of likely N-dealkylation sites (tertiary alicyclic amines) is 1. The van der Waals surface area contributed by atoms with Gasteiger partial charge in [0.15, 0.2) is 5.76 Å². The van der Waals surface area contributed by atoms with Crippen LogP contribution in [-0.2, 0) is 4.79 Å². The molecule has 1 aromatic rings. The minimum absolute atomic E-state index is 0.0784. The van der Waals surface area contributed by atoms with Crippen molar-refractivity contribution in [1.82, 2.24) is 10.1 Å². The maximum Gasteiger partial charge on any atom is 0.223 e. The van der Waals surface area contributed by atoms with E-state index in [1.54, 1.807) is 0 Å². The lowest BCUT2D eigenvalue weighted by atomic mass is 10.1. The molecular formula is C13H19ClN2O2. The largest absolute Gasteiger partial charge is 0.359 e. The monoisotopic (exact) mass is 270 g/mol. The van der Waals surface area contributed by atoms with Crippen LogP contribution in [0.3, 0.4) is 0 Å². The van der Waals surface area contributed by atoms with E-state index in [0.717, 1.165) is 43.7 Å². The average molecular weight is 271 g/mol. The highest BCUT2D eigenvalue weighted by Crippen LogP contribution is 2.32. The van der Waals surface area contributed by atoms with Crippen molar-refractivity contribution >= 4 is 17.5 Å². The molecule has 5 heteroatoms. The van der Waals surface area contributed by atoms with E-state index < -0.39 is 0 Å². The first kappa shape index (κ1) is 13.4. The maximum atomic E-state index is 12.1. The van der Waals surface area contributed by atoms with Gasteiger partial charge in [0.2, 0.25) is 5.91 Å². The van der Waals surface area contributed by atoms with Crippen LogP contribution in [0, 0.1) is 6.92 Å². The van der Waals surface area contributed by atoms with E-state index in [1.807, 2.05) is 17.9 Å². The van der Waals surface area contributed by atoms with Crippen LogP contribution in [0.1, 0.15) is 49.6 Å². The van der Waals surface area contributed by atoms with Crippen molar-refractivity contribution in [3.05, 3.63) is 17.5 Å². The number of nitrogens with zero attached hydrogens (tertiary/aromatic N) is 2. The zero-order chi connectivity index (χ0) is 13.0. The number of carbonyl (C=O) groups is 1.